The lowest BCUT2D eigenvalue weighted by atomic mass is 9.92. The van der Waals surface area contributed by atoms with Crippen LogP contribution in [0.3, 0.4) is 0 Å². The molecule has 0 radical (unpaired) electrons. The summed E-state index contributed by atoms with van der Waals surface area (Å²) in [5.74, 6) is 0.418. The molecule has 0 amide bonds. The number of hydrogen-bond donors (Lipinski definition) is 0. The first-order valence-electron chi connectivity index (χ1n) is 9.39. The summed E-state index contributed by atoms with van der Waals surface area (Å²) < 4.78 is 15.7. The first kappa shape index (κ1) is 18.1. The van der Waals surface area contributed by atoms with Gasteiger partial charge in [0.15, 0.2) is 0 Å². The summed E-state index contributed by atoms with van der Waals surface area (Å²) in [6.45, 7) is 4.13. The minimum Gasteiger partial charge on any atom is -0.305 e. The van der Waals surface area contributed by atoms with Crippen molar-refractivity contribution in [3.05, 3.63) is 68.9 Å². The van der Waals surface area contributed by atoms with Gasteiger partial charge in [0.1, 0.15) is 5.82 Å². The Morgan fingerprint density at radius 2 is 1.96 bits per heavy atom. The van der Waals surface area contributed by atoms with Crippen LogP contribution >= 0.6 is 15.9 Å². The predicted molar refractivity (Wildman–Crippen MR) is 108 cm³/mol. The number of rotatable bonds is 3. The van der Waals surface area contributed by atoms with E-state index in [-0.39, 0.29) is 11.9 Å². The minimum atomic E-state index is -0.0330. The Balaban J connectivity index is 1.64. The van der Waals surface area contributed by atoms with Crippen LogP contribution < -0.4 is 0 Å². The quantitative estimate of drug-likeness (QED) is 0.700. The van der Waals surface area contributed by atoms with Gasteiger partial charge in [0.2, 0.25) is 0 Å². The maximum atomic E-state index is 14.5. The Morgan fingerprint density at radius 1 is 1.15 bits per heavy atom. The van der Waals surface area contributed by atoms with Crippen molar-refractivity contribution < 1.29 is 4.39 Å². The molecular weight excluding hydrogens is 391 g/mol. The molecule has 3 atom stereocenters. The molecular formula is C22H26BrFN2. The average Bonchev–Trinajstić information content (AvgIpc) is 3.22. The lowest BCUT2D eigenvalue weighted by Crippen LogP contribution is -2.35. The molecule has 4 rings (SSSR count). The summed E-state index contributed by atoms with van der Waals surface area (Å²) in [6.07, 6.45) is 2.02. The number of benzene rings is 2. The van der Waals surface area contributed by atoms with E-state index >= 15 is 0 Å². The Kier molecular flexibility index (Phi) is 4.93. The van der Waals surface area contributed by atoms with E-state index in [1.54, 1.807) is 6.07 Å². The molecule has 1 heterocycles. The fraction of sp³-hybridized carbons (Fsp3) is 0.455. The molecule has 0 spiro atoms. The fourth-order valence-corrected chi connectivity index (χ4v) is 5.04. The van der Waals surface area contributed by atoms with Crippen LogP contribution in [0.15, 0.2) is 40.9 Å². The molecule has 0 saturated carbocycles. The number of hydrogen-bond acceptors (Lipinski definition) is 2. The Bertz CT molecular complexity index is 820. The average molecular weight is 417 g/mol. The minimum absolute atomic E-state index is 0.0330. The van der Waals surface area contributed by atoms with Gasteiger partial charge in [0, 0.05) is 41.1 Å². The highest BCUT2D eigenvalue weighted by atomic mass is 79.9. The van der Waals surface area contributed by atoms with Gasteiger partial charge in [-0.3, -0.25) is 4.90 Å². The van der Waals surface area contributed by atoms with Crippen LogP contribution in [0.4, 0.5) is 4.39 Å². The lowest BCUT2D eigenvalue weighted by Gasteiger charge is -2.26. The molecule has 1 aliphatic heterocycles. The Labute approximate surface area is 164 Å². The second-order valence-corrected chi connectivity index (χ2v) is 8.82. The summed E-state index contributed by atoms with van der Waals surface area (Å²) in [5, 5.41) is 0. The van der Waals surface area contributed by atoms with Gasteiger partial charge >= 0.3 is 0 Å². The fourth-order valence-electron chi connectivity index (χ4n) is 4.79. The second-order valence-electron chi connectivity index (χ2n) is 7.97. The molecule has 1 fully saturated rings. The van der Waals surface area contributed by atoms with Gasteiger partial charge < -0.3 is 4.90 Å². The van der Waals surface area contributed by atoms with Gasteiger partial charge in [-0.2, -0.15) is 0 Å². The zero-order chi connectivity index (χ0) is 18.4. The van der Waals surface area contributed by atoms with Crippen LogP contribution in [0, 0.1) is 12.7 Å². The van der Waals surface area contributed by atoms with Crippen LogP contribution in [0.5, 0.6) is 0 Å². The molecule has 2 aromatic rings. The second kappa shape index (κ2) is 7.06. The summed E-state index contributed by atoms with van der Waals surface area (Å²) in [6, 6.07) is 12.9. The van der Waals surface area contributed by atoms with Crippen LogP contribution in [-0.2, 0) is 6.42 Å². The molecule has 1 aliphatic carbocycles. The number of aryl methyl sites for hydroxylation is 2. The van der Waals surface area contributed by atoms with Gasteiger partial charge in [0.25, 0.3) is 0 Å². The van der Waals surface area contributed by atoms with E-state index in [1.165, 1.54) is 16.7 Å². The van der Waals surface area contributed by atoms with Crippen LogP contribution in [-0.4, -0.2) is 43.0 Å². The van der Waals surface area contributed by atoms with Crippen molar-refractivity contribution in [3.8, 4) is 0 Å². The molecule has 2 aromatic carbocycles. The summed E-state index contributed by atoms with van der Waals surface area (Å²) in [7, 11) is 4.33. The smallest absolute Gasteiger partial charge is 0.128 e. The van der Waals surface area contributed by atoms with Gasteiger partial charge in [-0.15, -0.1) is 0 Å². The van der Waals surface area contributed by atoms with E-state index in [0.717, 1.165) is 36.0 Å². The van der Waals surface area contributed by atoms with Crippen molar-refractivity contribution in [1.29, 1.82) is 0 Å². The highest BCUT2D eigenvalue weighted by Crippen LogP contribution is 2.42. The number of likely N-dealkylation sites (tertiary alicyclic amines) is 1. The number of halogens is 2. The Hall–Kier alpha value is -1.23. The SMILES string of the molecule is Cc1cc(C2CN(C3CCc4cccc(F)c43)CC2N(C)C)ccc1Br. The van der Waals surface area contributed by atoms with Crippen molar-refractivity contribution in [2.24, 2.45) is 0 Å². The molecule has 138 valence electrons. The largest absolute Gasteiger partial charge is 0.305 e. The van der Waals surface area contributed by atoms with Crippen LogP contribution in [0.1, 0.15) is 40.6 Å². The number of nitrogens with zero attached hydrogens (tertiary/aromatic N) is 2. The third-order valence-corrected chi connectivity index (χ3v) is 7.08. The first-order valence-corrected chi connectivity index (χ1v) is 10.2. The first-order chi connectivity index (χ1) is 12.5. The molecule has 4 heteroatoms. The van der Waals surface area contributed by atoms with Crippen molar-refractivity contribution in [3.63, 3.8) is 0 Å². The number of fused-ring (bicyclic) bond motifs is 1. The molecule has 0 N–H and O–H groups in total. The molecule has 0 aromatic heterocycles. The van der Waals surface area contributed by atoms with Gasteiger partial charge in [-0.25, -0.2) is 4.39 Å². The highest BCUT2D eigenvalue weighted by Gasteiger charge is 2.41. The third kappa shape index (κ3) is 3.12. The third-order valence-electron chi connectivity index (χ3n) is 6.20. The molecule has 0 bridgehead atoms. The van der Waals surface area contributed by atoms with E-state index in [0.29, 0.717) is 12.0 Å². The zero-order valence-electron chi connectivity index (χ0n) is 15.7. The van der Waals surface area contributed by atoms with E-state index < -0.39 is 0 Å². The number of likely N-dealkylation sites (N-methyl/N-ethyl adjacent to an activating group) is 1. The molecule has 2 aliphatic rings. The van der Waals surface area contributed by atoms with Crippen molar-refractivity contribution in [2.45, 2.75) is 37.8 Å². The van der Waals surface area contributed by atoms with Crippen molar-refractivity contribution in [2.75, 3.05) is 27.2 Å². The predicted octanol–water partition coefficient (Wildman–Crippen LogP) is 4.91. The molecule has 2 nitrogen and oxygen atoms in total. The maximum absolute atomic E-state index is 14.5. The van der Waals surface area contributed by atoms with E-state index in [1.807, 2.05) is 6.07 Å². The van der Waals surface area contributed by atoms with Gasteiger partial charge in [-0.05, 0) is 62.7 Å². The normalized spacial score (nSPS) is 25.8. The summed E-state index contributed by atoms with van der Waals surface area (Å²) in [4.78, 5) is 4.85. The van der Waals surface area contributed by atoms with E-state index in [9.17, 15) is 4.39 Å². The summed E-state index contributed by atoms with van der Waals surface area (Å²) in [5.41, 5.74) is 4.80. The van der Waals surface area contributed by atoms with Crippen molar-refractivity contribution in [1.82, 2.24) is 9.80 Å². The van der Waals surface area contributed by atoms with Crippen molar-refractivity contribution >= 4 is 15.9 Å². The molecule has 1 saturated heterocycles. The van der Waals surface area contributed by atoms with Gasteiger partial charge in [-0.1, -0.05) is 40.2 Å². The molecule has 26 heavy (non-hydrogen) atoms. The zero-order valence-corrected chi connectivity index (χ0v) is 17.3. The van der Waals surface area contributed by atoms with Gasteiger partial charge in [0.05, 0.1) is 0 Å². The monoisotopic (exact) mass is 416 g/mol. The topological polar surface area (TPSA) is 6.48 Å². The van der Waals surface area contributed by atoms with E-state index in [4.69, 9.17) is 0 Å². The maximum Gasteiger partial charge on any atom is 0.128 e. The Morgan fingerprint density at radius 3 is 2.69 bits per heavy atom. The highest BCUT2D eigenvalue weighted by molar-refractivity contribution is 9.10. The van der Waals surface area contributed by atoms with Crippen LogP contribution in [0.2, 0.25) is 0 Å². The summed E-state index contributed by atoms with van der Waals surface area (Å²) >= 11 is 3.61. The van der Waals surface area contributed by atoms with E-state index in [2.05, 4.69) is 71.0 Å². The standard InChI is InChI=1S/C22H26BrFN2/c1-14-11-16(7-9-18(14)23)17-12-26(13-21(17)25(2)3)20-10-8-15-5-4-6-19(24)22(15)20/h4-7,9,11,17,20-21H,8,10,12-13H2,1-3H3. The van der Waals surface area contributed by atoms with Crippen LogP contribution in [0.25, 0.3) is 0 Å². The lowest BCUT2D eigenvalue weighted by molar-refractivity contribution is 0.213. The molecule has 3 unspecified atom stereocenters.